The molecular weight excluding hydrogens is 375 g/mol. The third-order valence-corrected chi connectivity index (χ3v) is 4.45. The van der Waals surface area contributed by atoms with Crippen molar-refractivity contribution in [3.8, 4) is 0 Å². The Morgan fingerprint density at radius 2 is 1.81 bits per heavy atom. The molecule has 1 aromatic carbocycles. The first kappa shape index (κ1) is 20.2. The standard InChI is InChI=1S/C18H17FN2O5S/c1-11(22)20-8-12-6-7-16(27-12)15(23)10-26-17(24)9-21-18(25)13-4-2-3-5-14(13)19/h2-7H,8-10H2,1H3,(H,20,22)(H,21,25). The van der Waals surface area contributed by atoms with Crippen LogP contribution in [0.25, 0.3) is 0 Å². The van der Waals surface area contributed by atoms with Gasteiger partial charge in [0.15, 0.2) is 6.61 Å². The van der Waals surface area contributed by atoms with Gasteiger partial charge in [0.2, 0.25) is 11.7 Å². The van der Waals surface area contributed by atoms with Gasteiger partial charge in [0.05, 0.1) is 17.0 Å². The molecule has 2 aromatic rings. The largest absolute Gasteiger partial charge is 0.456 e. The number of amides is 2. The molecule has 0 aliphatic heterocycles. The average Bonchev–Trinajstić information content (AvgIpc) is 3.12. The first-order valence-corrected chi connectivity index (χ1v) is 8.73. The SMILES string of the molecule is CC(=O)NCc1ccc(C(=O)COC(=O)CNC(=O)c2ccccc2F)s1. The number of ketones is 1. The Morgan fingerprint density at radius 3 is 2.52 bits per heavy atom. The smallest absolute Gasteiger partial charge is 0.325 e. The fourth-order valence-electron chi connectivity index (χ4n) is 2.00. The first-order chi connectivity index (χ1) is 12.9. The summed E-state index contributed by atoms with van der Waals surface area (Å²) in [4.78, 5) is 47.5. The zero-order chi connectivity index (χ0) is 19.8. The molecule has 0 unspecified atom stereocenters. The van der Waals surface area contributed by atoms with Gasteiger partial charge in [0, 0.05) is 11.8 Å². The van der Waals surface area contributed by atoms with Gasteiger partial charge < -0.3 is 15.4 Å². The van der Waals surface area contributed by atoms with E-state index < -0.39 is 36.6 Å². The molecule has 2 N–H and O–H groups in total. The average molecular weight is 392 g/mol. The molecule has 1 aromatic heterocycles. The second kappa shape index (κ2) is 9.58. The van der Waals surface area contributed by atoms with Gasteiger partial charge in [-0.15, -0.1) is 11.3 Å². The molecule has 0 spiro atoms. The number of hydrogen-bond donors (Lipinski definition) is 2. The molecule has 0 atom stereocenters. The molecule has 142 valence electrons. The molecular formula is C18H17FN2O5S. The Morgan fingerprint density at radius 1 is 1.07 bits per heavy atom. The highest BCUT2D eigenvalue weighted by molar-refractivity contribution is 7.14. The van der Waals surface area contributed by atoms with Crippen molar-refractivity contribution < 1.29 is 28.3 Å². The second-order valence-corrected chi connectivity index (χ2v) is 6.59. The van der Waals surface area contributed by atoms with E-state index in [-0.39, 0.29) is 11.5 Å². The van der Waals surface area contributed by atoms with Crippen molar-refractivity contribution in [1.82, 2.24) is 10.6 Å². The van der Waals surface area contributed by atoms with E-state index in [2.05, 4.69) is 10.6 Å². The lowest BCUT2D eigenvalue weighted by molar-refractivity contribution is -0.141. The Kier molecular flexibility index (Phi) is 7.18. The number of esters is 1. The molecule has 0 aliphatic carbocycles. The number of nitrogens with one attached hydrogen (secondary N) is 2. The minimum atomic E-state index is -0.817. The molecule has 0 saturated carbocycles. The fraction of sp³-hybridized carbons (Fsp3) is 0.222. The zero-order valence-corrected chi connectivity index (χ0v) is 15.2. The van der Waals surface area contributed by atoms with Crippen molar-refractivity contribution in [2.24, 2.45) is 0 Å². The number of carbonyl (C=O) groups excluding carboxylic acids is 4. The highest BCUT2D eigenvalue weighted by Gasteiger charge is 2.15. The molecule has 2 rings (SSSR count). The summed E-state index contributed by atoms with van der Waals surface area (Å²) in [6.07, 6.45) is 0. The van der Waals surface area contributed by atoms with Crippen LogP contribution in [-0.2, 0) is 20.9 Å². The lowest BCUT2D eigenvalue weighted by Gasteiger charge is -2.06. The number of Topliss-reactive ketones (excluding diaryl/α,β-unsaturated/α-hetero) is 1. The highest BCUT2D eigenvalue weighted by Crippen LogP contribution is 2.17. The fourth-order valence-corrected chi connectivity index (χ4v) is 2.87. The number of hydrogen-bond acceptors (Lipinski definition) is 6. The molecule has 9 heteroatoms. The monoisotopic (exact) mass is 392 g/mol. The van der Waals surface area contributed by atoms with E-state index in [0.29, 0.717) is 11.4 Å². The van der Waals surface area contributed by atoms with Crippen LogP contribution in [0.4, 0.5) is 4.39 Å². The molecule has 0 aliphatic rings. The molecule has 0 bridgehead atoms. The quantitative estimate of drug-likeness (QED) is 0.526. The second-order valence-electron chi connectivity index (χ2n) is 5.42. The predicted octanol–water partition coefficient (Wildman–Crippen LogP) is 1.68. The van der Waals surface area contributed by atoms with Gasteiger partial charge in [-0.25, -0.2) is 4.39 Å². The number of carbonyl (C=O) groups is 4. The highest BCUT2D eigenvalue weighted by atomic mass is 32.1. The van der Waals surface area contributed by atoms with E-state index in [4.69, 9.17) is 4.74 Å². The van der Waals surface area contributed by atoms with E-state index in [1.54, 1.807) is 12.1 Å². The summed E-state index contributed by atoms with van der Waals surface area (Å²) in [5.41, 5.74) is -0.188. The van der Waals surface area contributed by atoms with E-state index in [0.717, 1.165) is 10.9 Å². The first-order valence-electron chi connectivity index (χ1n) is 7.91. The van der Waals surface area contributed by atoms with E-state index in [1.165, 1.54) is 36.5 Å². The van der Waals surface area contributed by atoms with Crippen molar-refractivity contribution in [3.63, 3.8) is 0 Å². The summed E-state index contributed by atoms with van der Waals surface area (Å²) in [7, 11) is 0. The number of thiophene rings is 1. The minimum absolute atomic E-state index is 0.178. The number of benzene rings is 1. The Labute approximate surface area is 158 Å². The molecule has 2 amide bonds. The maximum atomic E-state index is 13.5. The lowest BCUT2D eigenvalue weighted by atomic mass is 10.2. The van der Waals surface area contributed by atoms with Crippen LogP contribution in [0.5, 0.6) is 0 Å². The van der Waals surface area contributed by atoms with Gasteiger partial charge in [-0.05, 0) is 24.3 Å². The molecule has 0 saturated heterocycles. The normalized spacial score (nSPS) is 10.1. The van der Waals surface area contributed by atoms with Gasteiger partial charge >= 0.3 is 5.97 Å². The van der Waals surface area contributed by atoms with Crippen molar-refractivity contribution in [3.05, 3.63) is 57.5 Å². The van der Waals surface area contributed by atoms with Crippen LogP contribution in [0.2, 0.25) is 0 Å². The summed E-state index contributed by atoms with van der Waals surface area (Å²) in [6.45, 7) is 0.742. The Hall–Kier alpha value is -3.07. The third kappa shape index (κ3) is 6.30. The van der Waals surface area contributed by atoms with Gasteiger partial charge in [0.1, 0.15) is 12.4 Å². The van der Waals surface area contributed by atoms with Crippen LogP contribution in [0.1, 0.15) is 31.8 Å². The Bertz CT molecular complexity index is 865. The number of halogens is 1. The van der Waals surface area contributed by atoms with Crippen molar-refractivity contribution in [2.75, 3.05) is 13.2 Å². The summed E-state index contributed by atoms with van der Waals surface area (Å²) >= 11 is 1.18. The van der Waals surface area contributed by atoms with E-state index >= 15 is 0 Å². The number of rotatable bonds is 8. The van der Waals surface area contributed by atoms with Crippen LogP contribution in [0, 0.1) is 5.82 Å². The van der Waals surface area contributed by atoms with Crippen LogP contribution >= 0.6 is 11.3 Å². The molecule has 0 fully saturated rings. The van der Waals surface area contributed by atoms with Crippen LogP contribution < -0.4 is 10.6 Å². The minimum Gasteiger partial charge on any atom is -0.456 e. The lowest BCUT2D eigenvalue weighted by Crippen LogP contribution is -2.32. The van der Waals surface area contributed by atoms with Gasteiger partial charge in [-0.2, -0.15) is 0 Å². The molecule has 7 nitrogen and oxygen atoms in total. The molecule has 27 heavy (non-hydrogen) atoms. The Balaban J connectivity index is 1.76. The molecule has 1 heterocycles. The van der Waals surface area contributed by atoms with Gasteiger partial charge in [0.25, 0.3) is 5.91 Å². The summed E-state index contributed by atoms with van der Waals surface area (Å²) in [5.74, 6) is -2.85. The van der Waals surface area contributed by atoms with Gasteiger partial charge in [-0.3, -0.25) is 19.2 Å². The molecule has 0 radical (unpaired) electrons. The zero-order valence-electron chi connectivity index (χ0n) is 14.4. The van der Waals surface area contributed by atoms with Crippen molar-refractivity contribution >= 4 is 34.9 Å². The van der Waals surface area contributed by atoms with Crippen molar-refractivity contribution in [1.29, 1.82) is 0 Å². The number of ether oxygens (including phenoxy) is 1. The van der Waals surface area contributed by atoms with Crippen LogP contribution in [-0.4, -0.2) is 36.7 Å². The van der Waals surface area contributed by atoms with Crippen LogP contribution in [0.3, 0.4) is 0 Å². The maximum Gasteiger partial charge on any atom is 0.325 e. The van der Waals surface area contributed by atoms with E-state index in [1.807, 2.05) is 0 Å². The van der Waals surface area contributed by atoms with Gasteiger partial charge in [-0.1, -0.05) is 12.1 Å². The summed E-state index contributed by atoms with van der Waals surface area (Å²) in [6, 6.07) is 8.64. The van der Waals surface area contributed by atoms with Crippen molar-refractivity contribution in [2.45, 2.75) is 13.5 Å². The topological polar surface area (TPSA) is 102 Å². The summed E-state index contributed by atoms with van der Waals surface area (Å²) in [5, 5.41) is 4.85. The third-order valence-electron chi connectivity index (χ3n) is 3.32. The van der Waals surface area contributed by atoms with Crippen LogP contribution in [0.15, 0.2) is 36.4 Å². The van der Waals surface area contributed by atoms with E-state index in [9.17, 15) is 23.6 Å². The predicted molar refractivity (Wildman–Crippen MR) is 95.9 cm³/mol. The summed E-state index contributed by atoms with van der Waals surface area (Å²) < 4.78 is 18.3. The maximum absolute atomic E-state index is 13.5.